The zero-order valence-electron chi connectivity index (χ0n) is 10.6. The minimum atomic E-state index is 0.0190. The van der Waals surface area contributed by atoms with Gasteiger partial charge in [0.15, 0.2) is 0 Å². The monoisotopic (exact) mass is 350 g/mol. The third-order valence-electron chi connectivity index (χ3n) is 2.47. The van der Waals surface area contributed by atoms with Gasteiger partial charge in [0, 0.05) is 6.61 Å². The normalized spacial score (nSPS) is 11.1. The molecular weight excluding hydrogens is 331 g/mol. The molecule has 0 saturated heterocycles. The molecular formula is C12H19IN2O2. The van der Waals surface area contributed by atoms with E-state index in [0.29, 0.717) is 22.6 Å². The molecule has 0 saturated carbocycles. The number of rotatable bonds is 6. The molecule has 1 aromatic rings. The van der Waals surface area contributed by atoms with E-state index in [1.807, 2.05) is 29.5 Å². The maximum atomic E-state index is 11.8. The van der Waals surface area contributed by atoms with Crippen molar-refractivity contribution < 1.29 is 4.74 Å². The highest BCUT2D eigenvalue weighted by Gasteiger charge is 2.04. The van der Waals surface area contributed by atoms with Gasteiger partial charge in [0.25, 0.3) is 5.56 Å². The summed E-state index contributed by atoms with van der Waals surface area (Å²) in [5, 5.41) is 0. The third-order valence-corrected chi connectivity index (χ3v) is 3.72. The van der Waals surface area contributed by atoms with E-state index < -0.39 is 0 Å². The average Bonchev–Trinajstić information content (AvgIpc) is 2.28. The first kappa shape index (κ1) is 14.6. The van der Waals surface area contributed by atoms with Crippen LogP contribution < -0.4 is 5.56 Å². The minimum absolute atomic E-state index is 0.0190. The lowest BCUT2D eigenvalue weighted by Gasteiger charge is -2.08. The summed E-state index contributed by atoms with van der Waals surface area (Å²) >= 11 is 2.03. The van der Waals surface area contributed by atoms with Gasteiger partial charge in [-0.05, 0) is 41.9 Å². The van der Waals surface area contributed by atoms with E-state index in [0.717, 1.165) is 18.7 Å². The molecule has 1 heterocycles. The molecule has 0 amide bonds. The van der Waals surface area contributed by atoms with Crippen LogP contribution in [0.15, 0.2) is 11.1 Å². The van der Waals surface area contributed by atoms with Crippen LogP contribution in [0.1, 0.15) is 26.0 Å². The van der Waals surface area contributed by atoms with Crippen LogP contribution >= 0.6 is 22.6 Å². The Morgan fingerprint density at radius 1 is 1.47 bits per heavy atom. The van der Waals surface area contributed by atoms with Crippen LogP contribution in [0.5, 0.6) is 0 Å². The maximum absolute atomic E-state index is 11.8. The van der Waals surface area contributed by atoms with Gasteiger partial charge in [0.05, 0.1) is 28.7 Å². The van der Waals surface area contributed by atoms with Gasteiger partial charge in [-0.2, -0.15) is 0 Å². The Morgan fingerprint density at radius 2 is 2.18 bits per heavy atom. The van der Waals surface area contributed by atoms with Crippen molar-refractivity contribution in [3.05, 3.63) is 25.9 Å². The van der Waals surface area contributed by atoms with E-state index in [4.69, 9.17) is 4.74 Å². The minimum Gasteiger partial charge on any atom is -0.380 e. The number of aromatic nitrogens is 2. The molecule has 0 N–H and O–H groups in total. The predicted molar refractivity (Wildman–Crippen MR) is 76.2 cm³/mol. The molecule has 96 valence electrons. The summed E-state index contributed by atoms with van der Waals surface area (Å²) < 4.78 is 7.77. The van der Waals surface area contributed by atoms with Gasteiger partial charge in [-0.25, -0.2) is 4.98 Å². The Morgan fingerprint density at radius 3 is 2.82 bits per heavy atom. The molecule has 17 heavy (non-hydrogen) atoms. The molecule has 5 heteroatoms. The molecule has 1 aromatic heterocycles. The van der Waals surface area contributed by atoms with Crippen LogP contribution in [-0.2, 0) is 11.3 Å². The van der Waals surface area contributed by atoms with E-state index in [1.54, 1.807) is 10.9 Å². The van der Waals surface area contributed by atoms with Crippen LogP contribution in [-0.4, -0.2) is 22.8 Å². The highest BCUT2D eigenvalue weighted by Crippen LogP contribution is 2.01. The van der Waals surface area contributed by atoms with Gasteiger partial charge in [0.1, 0.15) is 0 Å². The molecule has 4 nitrogen and oxygen atoms in total. The van der Waals surface area contributed by atoms with Gasteiger partial charge in [-0.1, -0.05) is 13.8 Å². The second-order valence-electron chi connectivity index (χ2n) is 4.44. The topological polar surface area (TPSA) is 44.1 Å². The number of ether oxygens (including phenoxy) is 1. The zero-order valence-corrected chi connectivity index (χ0v) is 12.7. The molecule has 0 radical (unpaired) electrons. The molecule has 0 fully saturated rings. The van der Waals surface area contributed by atoms with Crippen LogP contribution in [0, 0.1) is 16.4 Å². The van der Waals surface area contributed by atoms with E-state index in [1.165, 1.54) is 0 Å². The SMILES string of the molecule is Cc1ncn(CCOCCC(C)C)c(=O)c1I. The van der Waals surface area contributed by atoms with Crippen LogP contribution in [0.4, 0.5) is 0 Å². The average molecular weight is 350 g/mol. The summed E-state index contributed by atoms with van der Waals surface area (Å²) in [5.41, 5.74) is 0.804. The summed E-state index contributed by atoms with van der Waals surface area (Å²) in [6, 6.07) is 0. The summed E-state index contributed by atoms with van der Waals surface area (Å²) in [5.74, 6) is 0.653. The maximum Gasteiger partial charge on any atom is 0.267 e. The lowest BCUT2D eigenvalue weighted by atomic mass is 10.1. The van der Waals surface area contributed by atoms with Crippen molar-refractivity contribution in [2.75, 3.05) is 13.2 Å². The molecule has 1 rings (SSSR count). The fourth-order valence-corrected chi connectivity index (χ4v) is 1.74. The van der Waals surface area contributed by atoms with Crippen molar-refractivity contribution in [3.63, 3.8) is 0 Å². The standard InChI is InChI=1S/C12H19IN2O2/c1-9(2)4-6-17-7-5-15-8-14-10(3)11(13)12(15)16/h8-9H,4-7H2,1-3H3. The van der Waals surface area contributed by atoms with Gasteiger partial charge < -0.3 is 4.74 Å². The van der Waals surface area contributed by atoms with E-state index in [-0.39, 0.29) is 5.56 Å². The van der Waals surface area contributed by atoms with Crippen molar-refractivity contribution >= 4 is 22.6 Å². The van der Waals surface area contributed by atoms with Crippen molar-refractivity contribution in [3.8, 4) is 0 Å². The first-order valence-electron chi connectivity index (χ1n) is 5.81. The molecule has 0 spiro atoms. The number of hydrogen-bond donors (Lipinski definition) is 0. The largest absolute Gasteiger partial charge is 0.380 e. The summed E-state index contributed by atoms with van der Waals surface area (Å²) in [4.78, 5) is 16.0. The summed E-state index contributed by atoms with van der Waals surface area (Å²) in [6.07, 6.45) is 2.64. The second kappa shape index (κ2) is 7.10. The number of hydrogen-bond acceptors (Lipinski definition) is 3. The second-order valence-corrected chi connectivity index (χ2v) is 5.52. The molecule has 0 aromatic carbocycles. The van der Waals surface area contributed by atoms with Crippen LogP contribution in [0.25, 0.3) is 0 Å². The smallest absolute Gasteiger partial charge is 0.267 e. The van der Waals surface area contributed by atoms with Crippen molar-refractivity contribution in [1.29, 1.82) is 0 Å². The lowest BCUT2D eigenvalue weighted by molar-refractivity contribution is 0.115. The highest BCUT2D eigenvalue weighted by molar-refractivity contribution is 14.1. The lowest BCUT2D eigenvalue weighted by Crippen LogP contribution is -2.26. The third kappa shape index (κ3) is 4.75. The molecule has 0 aliphatic carbocycles. The fraction of sp³-hybridized carbons (Fsp3) is 0.667. The summed E-state index contributed by atoms with van der Waals surface area (Å²) in [7, 11) is 0. The Bertz CT molecular complexity index is 415. The number of nitrogens with zero attached hydrogens (tertiary/aromatic N) is 2. The Balaban J connectivity index is 2.43. The Kier molecular flexibility index (Phi) is 6.11. The first-order valence-corrected chi connectivity index (χ1v) is 6.89. The Labute approximate surface area is 116 Å². The van der Waals surface area contributed by atoms with Crippen LogP contribution in [0.3, 0.4) is 0 Å². The Hall–Kier alpha value is -0.430. The summed E-state index contributed by atoms with van der Waals surface area (Å²) in [6.45, 7) is 8.06. The predicted octanol–water partition coefficient (Wildman–Crippen LogP) is 2.22. The molecule has 0 bridgehead atoms. The van der Waals surface area contributed by atoms with Crippen molar-refractivity contribution in [2.24, 2.45) is 5.92 Å². The zero-order chi connectivity index (χ0) is 12.8. The highest BCUT2D eigenvalue weighted by atomic mass is 127. The molecule has 0 aliphatic rings. The quantitative estimate of drug-likeness (QED) is 0.584. The fourth-order valence-electron chi connectivity index (χ4n) is 1.29. The number of halogens is 1. The van der Waals surface area contributed by atoms with E-state index >= 15 is 0 Å². The van der Waals surface area contributed by atoms with Crippen molar-refractivity contribution in [1.82, 2.24) is 9.55 Å². The van der Waals surface area contributed by atoms with Gasteiger partial charge in [0.2, 0.25) is 0 Å². The van der Waals surface area contributed by atoms with E-state index in [2.05, 4.69) is 18.8 Å². The molecule has 0 atom stereocenters. The van der Waals surface area contributed by atoms with Crippen molar-refractivity contribution in [2.45, 2.75) is 33.7 Å². The van der Waals surface area contributed by atoms with Gasteiger partial charge in [-0.3, -0.25) is 9.36 Å². The first-order chi connectivity index (χ1) is 8.02. The molecule has 0 aliphatic heterocycles. The van der Waals surface area contributed by atoms with E-state index in [9.17, 15) is 4.79 Å². The van der Waals surface area contributed by atoms with Gasteiger partial charge in [-0.15, -0.1) is 0 Å². The van der Waals surface area contributed by atoms with Gasteiger partial charge >= 0.3 is 0 Å². The molecule has 0 unspecified atom stereocenters. The van der Waals surface area contributed by atoms with Crippen LogP contribution in [0.2, 0.25) is 0 Å². The number of aryl methyl sites for hydroxylation is 1.